The first-order valence-electron chi connectivity index (χ1n) is 10.2. The van der Waals surface area contributed by atoms with Gasteiger partial charge in [0.1, 0.15) is 0 Å². The van der Waals surface area contributed by atoms with Gasteiger partial charge in [-0.2, -0.15) is 13.2 Å². The number of urea groups is 1. The molecule has 9 heteroatoms. The fourth-order valence-corrected chi connectivity index (χ4v) is 4.16. The smallest absolute Gasteiger partial charge is 0.318 e. The van der Waals surface area contributed by atoms with Crippen molar-refractivity contribution in [2.75, 3.05) is 4.90 Å². The summed E-state index contributed by atoms with van der Waals surface area (Å²) in [6, 6.07) is 3.45. The highest BCUT2D eigenvalue weighted by atomic mass is 19.4. The van der Waals surface area contributed by atoms with E-state index in [1.54, 1.807) is 36.6 Å². The van der Waals surface area contributed by atoms with E-state index >= 15 is 0 Å². The van der Waals surface area contributed by atoms with Crippen molar-refractivity contribution >= 4 is 23.5 Å². The van der Waals surface area contributed by atoms with Crippen LogP contribution in [0.15, 0.2) is 18.2 Å². The van der Waals surface area contributed by atoms with Gasteiger partial charge in [-0.3, -0.25) is 14.9 Å². The zero-order valence-electron chi connectivity index (χ0n) is 17.1. The Hall–Kier alpha value is -2.58. The van der Waals surface area contributed by atoms with Crippen molar-refractivity contribution < 1.29 is 27.6 Å². The number of amides is 4. The molecular formula is C21H26F3N3O3. The molecule has 3 rings (SSSR count). The fourth-order valence-electron chi connectivity index (χ4n) is 4.16. The predicted molar refractivity (Wildman–Crippen MR) is 105 cm³/mol. The first-order chi connectivity index (χ1) is 14.1. The maximum absolute atomic E-state index is 14.0. The number of benzene rings is 1. The Morgan fingerprint density at radius 2 is 1.87 bits per heavy atom. The van der Waals surface area contributed by atoms with Gasteiger partial charge < -0.3 is 5.32 Å². The second kappa shape index (κ2) is 8.28. The molecule has 1 saturated carbocycles. The van der Waals surface area contributed by atoms with Crippen LogP contribution in [0, 0.1) is 19.8 Å². The van der Waals surface area contributed by atoms with Crippen LogP contribution in [0.2, 0.25) is 0 Å². The van der Waals surface area contributed by atoms with Crippen molar-refractivity contribution in [1.82, 2.24) is 10.6 Å². The molecule has 1 atom stereocenters. The fraction of sp³-hybridized carbons (Fsp3) is 0.571. The molecule has 0 aromatic heterocycles. The van der Waals surface area contributed by atoms with Gasteiger partial charge in [0.05, 0.1) is 5.69 Å². The monoisotopic (exact) mass is 425 g/mol. The average molecular weight is 425 g/mol. The largest absolute Gasteiger partial charge is 0.440 e. The highest BCUT2D eigenvalue weighted by molar-refractivity contribution is 6.24. The minimum absolute atomic E-state index is 0.0556. The predicted octanol–water partition coefficient (Wildman–Crippen LogP) is 4.09. The van der Waals surface area contributed by atoms with Crippen LogP contribution in [0.1, 0.15) is 56.1 Å². The molecule has 2 aliphatic rings. The topological polar surface area (TPSA) is 78.5 Å². The van der Waals surface area contributed by atoms with E-state index in [-0.39, 0.29) is 12.1 Å². The Kier molecular flexibility index (Phi) is 6.10. The number of carbonyl (C=O) groups is 3. The van der Waals surface area contributed by atoms with Crippen molar-refractivity contribution in [1.29, 1.82) is 0 Å². The first kappa shape index (κ1) is 22.1. The lowest BCUT2D eigenvalue weighted by molar-refractivity contribution is -0.201. The first-order valence-corrected chi connectivity index (χ1v) is 10.2. The molecule has 1 aromatic rings. The molecule has 1 saturated heterocycles. The summed E-state index contributed by atoms with van der Waals surface area (Å²) in [7, 11) is 0. The molecule has 1 aliphatic heterocycles. The summed E-state index contributed by atoms with van der Waals surface area (Å²) in [6.45, 7) is 3.34. The molecule has 0 radical (unpaired) electrons. The second-order valence-corrected chi connectivity index (χ2v) is 8.13. The molecule has 0 unspecified atom stereocenters. The molecule has 4 amide bonds. The highest BCUT2D eigenvalue weighted by Crippen LogP contribution is 2.37. The molecule has 2 N–H and O–H groups in total. The van der Waals surface area contributed by atoms with Gasteiger partial charge in [-0.15, -0.1) is 0 Å². The summed E-state index contributed by atoms with van der Waals surface area (Å²) < 4.78 is 42.0. The van der Waals surface area contributed by atoms with E-state index in [0.717, 1.165) is 32.1 Å². The molecule has 164 valence electrons. The zero-order valence-corrected chi connectivity index (χ0v) is 17.1. The van der Waals surface area contributed by atoms with Gasteiger partial charge in [0, 0.05) is 6.42 Å². The lowest BCUT2D eigenvalue weighted by Crippen LogP contribution is -2.69. The number of hydrogen-bond acceptors (Lipinski definition) is 3. The molecule has 0 spiro atoms. The molecule has 0 bridgehead atoms. The van der Waals surface area contributed by atoms with E-state index in [1.165, 1.54) is 6.07 Å². The summed E-state index contributed by atoms with van der Waals surface area (Å²) in [6.07, 6.45) is 0.275. The Labute approximate surface area is 173 Å². The number of nitrogens with zero attached hydrogens (tertiary/aromatic N) is 1. The third kappa shape index (κ3) is 4.02. The van der Waals surface area contributed by atoms with Gasteiger partial charge in [0.15, 0.2) is 0 Å². The van der Waals surface area contributed by atoms with Gasteiger partial charge in [-0.05, 0) is 43.4 Å². The van der Waals surface area contributed by atoms with E-state index in [9.17, 15) is 27.6 Å². The second-order valence-electron chi connectivity index (χ2n) is 8.13. The molecule has 1 heterocycles. The maximum atomic E-state index is 14.0. The van der Waals surface area contributed by atoms with Gasteiger partial charge in [0.25, 0.3) is 11.6 Å². The Balaban J connectivity index is 1.83. The standard InChI is InChI=1S/C21H26F3N3O3/c1-13-7-6-10-16(14(13)2)27-18(29)20(21(22,23)24,26-19(27)30)25-17(28)12-11-15-8-4-3-5-9-15/h6-7,10,15H,3-5,8-9,11-12H2,1-2H3,(H,25,28)(H,26,30)/t20-/m0/s1. The van der Waals surface area contributed by atoms with Crippen molar-refractivity contribution in [2.24, 2.45) is 5.92 Å². The number of hydrogen-bond donors (Lipinski definition) is 2. The summed E-state index contributed by atoms with van der Waals surface area (Å²) in [5.74, 6) is -2.17. The van der Waals surface area contributed by atoms with Crippen LogP contribution in [0.4, 0.5) is 23.7 Å². The Morgan fingerprint density at radius 1 is 1.20 bits per heavy atom. The van der Waals surface area contributed by atoms with Crippen LogP contribution < -0.4 is 15.5 Å². The molecule has 1 aliphatic carbocycles. The zero-order chi connectivity index (χ0) is 22.1. The van der Waals surface area contributed by atoms with Crippen LogP contribution in [0.3, 0.4) is 0 Å². The highest BCUT2D eigenvalue weighted by Gasteiger charge is 2.69. The molecule has 1 aromatic carbocycles. The molecule has 2 fully saturated rings. The van der Waals surface area contributed by atoms with E-state index in [4.69, 9.17) is 0 Å². The average Bonchev–Trinajstić information content (AvgIpc) is 2.94. The third-order valence-corrected chi connectivity index (χ3v) is 6.09. The number of nitrogens with one attached hydrogen (secondary N) is 2. The Morgan fingerprint density at radius 3 is 2.50 bits per heavy atom. The number of halogens is 3. The Bertz CT molecular complexity index is 850. The van der Waals surface area contributed by atoms with Crippen molar-refractivity contribution in [3.05, 3.63) is 29.3 Å². The summed E-state index contributed by atoms with van der Waals surface area (Å²) in [4.78, 5) is 38.2. The molecule has 6 nitrogen and oxygen atoms in total. The van der Waals surface area contributed by atoms with Crippen LogP contribution >= 0.6 is 0 Å². The molecular weight excluding hydrogens is 399 g/mol. The minimum Gasteiger partial charge on any atom is -0.318 e. The van der Waals surface area contributed by atoms with E-state index in [2.05, 4.69) is 0 Å². The number of anilines is 1. The summed E-state index contributed by atoms with van der Waals surface area (Å²) >= 11 is 0. The van der Waals surface area contributed by atoms with Crippen molar-refractivity contribution in [2.45, 2.75) is 70.6 Å². The maximum Gasteiger partial charge on any atom is 0.440 e. The van der Waals surface area contributed by atoms with Crippen molar-refractivity contribution in [3.8, 4) is 0 Å². The van der Waals surface area contributed by atoms with Crippen LogP contribution in [0.5, 0.6) is 0 Å². The van der Waals surface area contributed by atoms with E-state index < -0.39 is 29.7 Å². The van der Waals surface area contributed by atoms with Gasteiger partial charge in [0.2, 0.25) is 5.91 Å². The van der Waals surface area contributed by atoms with Crippen LogP contribution in [0.25, 0.3) is 0 Å². The number of carbonyl (C=O) groups excluding carboxylic acids is 3. The van der Waals surface area contributed by atoms with E-state index in [1.807, 2.05) is 0 Å². The normalized spacial score (nSPS) is 22.9. The van der Waals surface area contributed by atoms with Gasteiger partial charge >= 0.3 is 12.2 Å². The summed E-state index contributed by atoms with van der Waals surface area (Å²) in [5, 5.41) is 3.50. The third-order valence-electron chi connectivity index (χ3n) is 6.09. The minimum atomic E-state index is -5.20. The summed E-state index contributed by atoms with van der Waals surface area (Å²) in [5.41, 5.74) is -2.19. The van der Waals surface area contributed by atoms with E-state index in [0.29, 0.717) is 28.4 Å². The van der Waals surface area contributed by atoms with Gasteiger partial charge in [-0.25, -0.2) is 9.69 Å². The quantitative estimate of drug-likeness (QED) is 0.698. The number of imide groups is 1. The SMILES string of the molecule is Cc1cccc(N2C(=O)N[C@](NC(=O)CCC3CCCCC3)(C(F)(F)F)C2=O)c1C. The van der Waals surface area contributed by atoms with Gasteiger partial charge in [-0.1, -0.05) is 44.2 Å². The van der Waals surface area contributed by atoms with Crippen LogP contribution in [-0.2, 0) is 9.59 Å². The molecule has 30 heavy (non-hydrogen) atoms. The lowest BCUT2D eigenvalue weighted by Gasteiger charge is -2.30. The lowest BCUT2D eigenvalue weighted by atomic mass is 9.86. The number of aryl methyl sites for hydroxylation is 1. The number of rotatable bonds is 5. The number of alkyl halides is 3. The van der Waals surface area contributed by atoms with Crippen LogP contribution in [-0.4, -0.2) is 29.7 Å². The van der Waals surface area contributed by atoms with Crippen molar-refractivity contribution in [3.63, 3.8) is 0 Å².